The highest BCUT2D eigenvalue weighted by Crippen LogP contribution is 2.13. The number of unbranched alkanes of at least 4 members (excludes halogenated alkanes) is 11. The van der Waals surface area contributed by atoms with Gasteiger partial charge in [0.1, 0.15) is 6.42 Å². The summed E-state index contributed by atoms with van der Waals surface area (Å²) in [6, 6.07) is 0. The van der Waals surface area contributed by atoms with Crippen LogP contribution in [-0.2, 0) is 13.8 Å². The van der Waals surface area contributed by atoms with Gasteiger partial charge in [0.05, 0.1) is 12.0 Å². The van der Waals surface area contributed by atoms with Crippen molar-refractivity contribution in [3.05, 3.63) is 0 Å². The van der Waals surface area contributed by atoms with Gasteiger partial charge in [-0.05, 0) is 6.42 Å². The zero-order valence-corrected chi connectivity index (χ0v) is 14.8. The maximum Gasteiger partial charge on any atom is 0.329 e. The van der Waals surface area contributed by atoms with E-state index in [-0.39, 0.29) is 0 Å². The van der Waals surface area contributed by atoms with E-state index in [1.54, 1.807) is 0 Å². The van der Waals surface area contributed by atoms with Crippen LogP contribution in [-0.4, -0.2) is 22.8 Å². The molecule has 0 spiro atoms. The number of carboxylic acids is 1. The van der Waals surface area contributed by atoms with Gasteiger partial charge in [-0.15, -0.1) is 0 Å². The Labute approximate surface area is 139 Å². The van der Waals surface area contributed by atoms with Crippen LogP contribution in [0.1, 0.15) is 90.4 Å². The molecule has 4 nitrogen and oxygen atoms in total. The molecule has 0 atom stereocenters. The van der Waals surface area contributed by atoms with Gasteiger partial charge in [0.15, 0.2) is 0 Å². The third kappa shape index (κ3) is 17.3. The number of hydrogen-bond donors (Lipinski definition) is 1. The van der Waals surface area contributed by atoms with E-state index in [0.29, 0.717) is 0 Å². The van der Waals surface area contributed by atoms with E-state index in [9.17, 15) is 9.59 Å². The van der Waals surface area contributed by atoms with Crippen LogP contribution in [0.25, 0.3) is 0 Å². The molecule has 0 unspecified atom stereocenters. The van der Waals surface area contributed by atoms with Gasteiger partial charge in [-0.1, -0.05) is 77.6 Å². The van der Waals surface area contributed by atoms with Crippen molar-refractivity contribution in [1.82, 2.24) is 0 Å². The molecule has 0 radical (unpaired) electrons. The second-order valence-corrected chi connectivity index (χ2v) is 6.55. The Morgan fingerprint density at radius 3 is 1.73 bits per heavy atom. The Kier molecular flexibility index (Phi) is 16.1. The Balaban J connectivity index is 3.08. The first kappa shape index (κ1) is 21.3. The fraction of sp³-hybridized carbons (Fsp3) is 0.882. The summed E-state index contributed by atoms with van der Waals surface area (Å²) in [6.07, 6.45) is 15.1. The third-order valence-electron chi connectivity index (χ3n) is 3.53. The van der Waals surface area contributed by atoms with Crippen molar-refractivity contribution in [2.75, 3.05) is 5.75 Å². The molecule has 0 aromatic carbocycles. The minimum Gasteiger partial charge on any atom is -0.481 e. The van der Waals surface area contributed by atoms with Crippen molar-refractivity contribution >= 4 is 24.0 Å². The van der Waals surface area contributed by atoms with Crippen molar-refractivity contribution in [2.45, 2.75) is 90.4 Å². The summed E-state index contributed by atoms with van der Waals surface area (Å²) in [7, 11) is 0. The molecule has 0 amide bonds. The van der Waals surface area contributed by atoms with Gasteiger partial charge in [-0.3, -0.25) is 9.59 Å². The van der Waals surface area contributed by atoms with Crippen molar-refractivity contribution in [3.63, 3.8) is 0 Å². The fourth-order valence-corrected chi connectivity index (χ4v) is 2.86. The van der Waals surface area contributed by atoms with Gasteiger partial charge in [0.25, 0.3) is 0 Å². The summed E-state index contributed by atoms with van der Waals surface area (Å²) in [5.74, 6) is -1.06. The number of hydrogen-bond acceptors (Lipinski definition) is 4. The van der Waals surface area contributed by atoms with Crippen LogP contribution in [0.15, 0.2) is 0 Å². The smallest absolute Gasteiger partial charge is 0.329 e. The van der Waals surface area contributed by atoms with Crippen LogP contribution in [0.5, 0.6) is 0 Å². The Bertz CT molecular complexity index is 282. The molecule has 0 saturated carbocycles. The molecule has 130 valence electrons. The molecule has 0 saturated heterocycles. The van der Waals surface area contributed by atoms with Gasteiger partial charge in [-0.2, -0.15) is 0 Å². The van der Waals surface area contributed by atoms with Crippen LogP contribution in [0.2, 0.25) is 0 Å². The maximum atomic E-state index is 10.9. The monoisotopic (exact) mass is 332 g/mol. The molecule has 22 heavy (non-hydrogen) atoms. The van der Waals surface area contributed by atoms with E-state index in [1.165, 1.54) is 64.2 Å². The quantitative estimate of drug-likeness (QED) is 0.234. The van der Waals surface area contributed by atoms with E-state index in [1.807, 2.05) is 0 Å². The predicted octanol–water partition coefficient (Wildman–Crippen LogP) is 5.35. The van der Waals surface area contributed by atoms with E-state index in [0.717, 1.165) is 30.6 Å². The van der Waals surface area contributed by atoms with Gasteiger partial charge < -0.3 is 9.29 Å². The zero-order valence-electron chi connectivity index (χ0n) is 14.0. The van der Waals surface area contributed by atoms with Gasteiger partial charge in [0.2, 0.25) is 0 Å². The summed E-state index contributed by atoms with van der Waals surface area (Å²) in [5.41, 5.74) is 0. The number of rotatable bonds is 16. The summed E-state index contributed by atoms with van der Waals surface area (Å²) in [5, 5.41) is 8.39. The Hall–Kier alpha value is -0.710. The number of carbonyl (C=O) groups is 2. The average Bonchev–Trinajstić information content (AvgIpc) is 2.47. The lowest BCUT2D eigenvalue weighted by atomic mass is 10.1. The molecule has 5 heteroatoms. The molecule has 0 heterocycles. The van der Waals surface area contributed by atoms with Crippen LogP contribution in [0.4, 0.5) is 0 Å². The van der Waals surface area contributed by atoms with Crippen LogP contribution < -0.4 is 0 Å². The van der Waals surface area contributed by atoms with E-state index >= 15 is 0 Å². The molecule has 0 bridgehead atoms. The molecule has 1 N–H and O–H groups in total. The zero-order chi connectivity index (χ0) is 16.5. The minimum absolute atomic E-state index is 0.550. The van der Waals surface area contributed by atoms with Gasteiger partial charge in [-0.25, -0.2) is 0 Å². The fourth-order valence-electron chi connectivity index (χ4n) is 2.26. The van der Waals surface area contributed by atoms with Crippen molar-refractivity contribution in [2.24, 2.45) is 0 Å². The van der Waals surface area contributed by atoms with Crippen LogP contribution in [0.3, 0.4) is 0 Å². The number of carboxylic acid groups (broad SMARTS) is 1. The highest BCUT2D eigenvalue weighted by molar-refractivity contribution is 7.95. The first-order chi connectivity index (χ1) is 10.7. The molecule has 0 aliphatic heterocycles. The molecule has 0 aromatic rings. The van der Waals surface area contributed by atoms with Crippen LogP contribution >= 0.6 is 12.0 Å². The van der Waals surface area contributed by atoms with E-state index < -0.39 is 18.4 Å². The third-order valence-corrected chi connectivity index (χ3v) is 4.29. The van der Waals surface area contributed by atoms with Gasteiger partial charge in [0, 0.05) is 5.75 Å². The first-order valence-electron chi connectivity index (χ1n) is 8.71. The second kappa shape index (κ2) is 16.7. The van der Waals surface area contributed by atoms with Crippen molar-refractivity contribution in [1.29, 1.82) is 0 Å². The normalized spacial score (nSPS) is 10.6. The maximum absolute atomic E-state index is 10.9. The lowest BCUT2D eigenvalue weighted by Crippen LogP contribution is -2.07. The topological polar surface area (TPSA) is 63.6 Å². The lowest BCUT2D eigenvalue weighted by Gasteiger charge is -2.03. The Morgan fingerprint density at radius 2 is 1.27 bits per heavy atom. The van der Waals surface area contributed by atoms with E-state index in [2.05, 4.69) is 6.92 Å². The lowest BCUT2D eigenvalue weighted by molar-refractivity contribution is -0.145. The van der Waals surface area contributed by atoms with Crippen LogP contribution in [0, 0.1) is 0 Å². The number of aliphatic carboxylic acids is 1. The second-order valence-electron chi connectivity index (χ2n) is 5.74. The summed E-state index contributed by atoms with van der Waals surface area (Å²) < 4.78 is 4.75. The van der Waals surface area contributed by atoms with E-state index in [4.69, 9.17) is 9.29 Å². The van der Waals surface area contributed by atoms with Crippen molar-refractivity contribution < 1.29 is 18.9 Å². The summed E-state index contributed by atoms with van der Waals surface area (Å²) in [6.45, 7) is 2.25. The summed E-state index contributed by atoms with van der Waals surface area (Å²) in [4.78, 5) is 21.2. The highest BCUT2D eigenvalue weighted by Gasteiger charge is 2.08. The number of carbonyl (C=O) groups excluding carboxylic acids is 1. The molecule has 0 aromatic heterocycles. The van der Waals surface area contributed by atoms with Gasteiger partial charge >= 0.3 is 11.9 Å². The molecular weight excluding hydrogens is 300 g/mol. The molecule has 0 aliphatic carbocycles. The molecular formula is C17H32O4S. The summed E-state index contributed by atoms with van der Waals surface area (Å²) >= 11 is 1.07. The average molecular weight is 333 g/mol. The molecule has 0 fully saturated rings. The van der Waals surface area contributed by atoms with Crippen molar-refractivity contribution in [3.8, 4) is 0 Å². The first-order valence-corrected chi connectivity index (χ1v) is 9.62. The molecule has 0 rings (SSSR count). The minimum atomic E-state index is -1.14. The highest BCUT2D eigenvalue weighted by atomic mass is 32.2. The SMILES string of the molecule is CCCCCCCCCCCCCCSOC(=O)CC(=O)O. The predicted molar refractivity (Wildman–Crippen MR) is 91.9 cm³/mol. The standard InChI is InChI=1S/C17H32O4S/c1-2-3-4-5-6-7-8-9-10-11-12-13-14-22-21-17(20)15-16(18)19/h2-15H2,1H3,(H,18,19). The molecule has 0 aliphatic rings. The Morgan fingerprint density at radius 1 is 0.818 bits per heavy atom. The largest absolute Gasteiger partial charge is 0.481 e.